The summed E-state index contributed by atoms with van der Waals surface area (Å²) in [5.74, 6) is 1.66. The van der Waals surface area contributed by atoms with Crippen LogP contribution in [0.15, 0.2) is 365 Å². The molecule has 0 spiro atoms. The molecule has 108 heavy (non-hydrogen) atoms. The number of hydrogen-bond donors (Lipinski definition) is 0. The number of para-hydroxylation sites is 6. The van der Waals surface area contributed by atoms with Gasteiger partial charge in [-0.1, -0.05) is 224 Å². The summed E-state index contributed by atoms with van der Waals surface area (Å²) < 4.78 is 26.3. The fourth-order valence-corrected chi connectivity index (χ4v) is 16.9. The Labute approximate surface area is 616 Å². The van der Waals surface area contributed by atoms with Crippen LogP contribution in [-0.4, -0.2) is 28.7 Å². The van der Waals surface area contributed by atoms with Gasteiger partial charge in [0.25, 0.3) is 0 Å². The molecule has 0 aliphatic carbocycles. The van der Waals surface area contributed by atoms with E-state index < -0.39 is 0 Å². The average molecular weight is 1380 g/mol. The Morgan fingerprint density at radius 1 is 0.157 bits per heavy atom. The number of furan rings is 3. The van der Waals surface area contributed by atoms with Gasteiger partial charge in [-0.3, -0.25) is 0 Å². The van der Waals surface area contributed by atoms with Gasteiger partial charge in [-0.25, -0.2) is 15.0 Å². The normalized spacial score (nSPS) is 12.1. The summed E-state index contributed by atoms with van der Waals surface area (Å²) in [4.78, 5) is 16.4. The van der Waals surface area contributed by atoms with Crippen molar-refractivity contribution >= 4 is 131 Å². The predicted molar refractivity (Wildman–Crippen MR) is 443 cm³/mol. The molecule has 23 rings (SSSR count). The van der Waals surface area contributed by atoms with Crippen molar-refractivity contribution in [2.45, 2.75) is 0 Å². The molecule has 9 heteroatoms. The van der Waals surface area contributed by atoms with Crippen molar-refractivity contribution in [3.63, 3.8) is 0 Å². The summed E-state index contributed by atoms with van der Waals surface area (Å²) in [6.45, 7) is 0. The fraction of sp³-hybridized carbons (Fsp3) is 0. The zero-order valence-corrected chi connectivity index (χ0v) is 57.9. The van der Waals surface area contributed by atoms with E-state index in [-0.39, 0.29) is 0 Å². The van der Waals surface area contributed by atoms with Crippen LogP contribution in [0.5, 0.6) is 0 Å². The fourth-order valence-electron chi connectivity index (χ4n) is 16.9. The molecule has 0 amide bonds. The molecular formula is C99H58N6O3. The van der Waals surface area contributed by atoms with Crippen molar-refractivity contribution in [1.82, 2.24) is 28.7 Å². The highest BCUT2D eigenvalue weighted by Gasteiger charge is 2.22. The summed E-state index contributed by atoms with van der Waals surface area (Å²) >= 11 is 0. The van der Waals surface area contributed by atoms with Crippen LogP contribution < -0.4 is 0 Å². The van der Waals surface area contributed by atoms with Crippen LogP contribution in [0.3, 0.4) is 0 Å². The molecule has 23 aromatic rings. The van der Waals surface area contributed by atoms with Gasteiger partial charge in [0.1, 0.15) is 33.5 Å². The van der Waals surface area contributed by atoms with Gasteiger partial charge in [0.15, 0.2) is 17.5 Å². The van der Waals surface area contributed by atoms with E-state index in [1.165, 1.54) is 10.8 Å². The first-order valence-corrected chi connectivity index (χ1v) is 36.5. The number of nitrogens with zero attached hydrogens (tertiary/aromatic N) is 6. The van der Waals surface area contributed by atoms with Crippen LogP contribution >= 0.6 is 0 Å². The van der Waals surface area contributed by atoms with E-state index in [1.54, 1.807) is 0 Å². The molecule has 0 aliphatic rings. The highest BCUT2D eigenvalue weighted by Crippen LogP contribution is 2.43. The predicted octanol–water partition coefficient (Wildman–Crippen LogP) is 26.5. The minimum Gasteiger partial charge on any atom is -0.456 e. The largest absolute Gasteiger partial charge is 0.456 e. The minimum atomic E-state index is 0.551. The zero-order chi connectivity index (χ0) is 70.7. The van der Waals surface area contributed by atoms with E-state index >= 15 is 0 Å². The smallest absolute Gasteiger partial charge is 0.164 e. The summed E-state index contributed by atoms with van der Waals surface area (Å²) in [6.07, 6.45) is 0. The molecule has 0 bridgehead atoms. The third kappa shape index (κ3) is 9.42. The maximum atomic E-state index is 6.41. The van der Waals surface area contributed by atoms with Crippen LogP contribution in [0.2, 0.25) is 0 Å². The molecule has 502 valence electrons. The van der Waals surface area contributed by atoms with Crippen LogP contribution in [0.1, 0.15) is 0 Å². The highest BCUT2D eigenvalue weighted by molar-refractivity contribution is 6.15. The Morgan fingerprint density at radius 3 is 0.806 bits per heavy atom. The molecule has 7 heterocycles. The van der Waals surface area contributed by atoms with Gasteiger partial charge < -0.3 is 27.0 Å². The van der Waals surface area contributed by atoms with Gasteiger partial charge in [-0.2, -0.15) is 0 Å². The van der Waals surface area contributed by atoms with Gasteiger partial charge in [-0.15, -0.1) is 0 Å². The van der Waals surface area contributed by atoms with E-state index in [0.29, 0.717) is 17.5 Å². The van der Waals surface area contributed by atoms with E-state index in [2.05, 4.69) is 329 Å². The molecule has 16 aromatic carbocycles. The van der Waals surface area contributed by atoms with Gasteiger partial charge in [0.05, 0.1) is 33.1 Å². The first kappa shape index (κ1) is 59.8. The molecule has 0 atom stereocenters. The minimum absolute atomic E-state index is 0.551. The molecule has 0 saturated heterocycles. The van der Waals surface area contributed by atoms with Gasteiger partial charge >= 0.3 is 0 Å². The summed E-state index contributed by atoms with van der Waals surface area (Å²) in [5.41, 5.74) is 26.2. The van der Waals surface area contributed by atoms with Gasteiger partial charge in [0.2, 0.25) is 0 Å². The molecule has 0 aliphatic heterocycles. The lowest BCUT2D eigenvalue weighted by Crippen LogP contribution is -2.02. The third-order valence-corrected chi connectivity index (χ3v) is 22.1. The average Bonchev–Trinajstić information content (AvgIpc) is 1.60. The van der Waals surface area contributed by atoms with E-state index in [4.69, 9.17) is 28.2 Å². The Morgan fingerprint density at radius 2 is 0.426 bits per heavy atom. The topological polar surface area (TPSA) is 92.9 Å². The van der Waals surface area contributed by atoms with Crippen LogP contribution in [0.25, 0.3) is 227 Å². The lowest BCUT2D eigenvalue weighted by atomic mass is 10.0. The number of benzene rings is 16. The first-order valence-electron chi connectivity index (χ1n) is 36.5. The van der Waals surface area contributed by atoms with E-state index in [0.717, 1.165) is 199 Å². The second-order valence-electron chi connectivity index (χ2n) is 28.2. The lowest BCUT2D eigenvalue weighted by molar-refractivity contribution is 0.668. The van der Waals surface area contributed by atoms with Crippen LogP contribution in [-0.2, 0) is 0 Å². The third-order valence-electron chi connectivity index (χ3n) is 22.1. The van der Waals surface area contributed by atoms with Crippen molar-refractivity contribution in [3.05, 3.63) is 352 Å². The Kier molecular flexibility index (Phi) is 13.0. The molecule has 0 unspecified atom stereocenters. The quantitative estimate of drug-likeness (QED) is 0.135. The lowest BCUT2D eigenvalue weighted by Gasteiger charge is -2.13. The van der Waals surface area contributed by atoms with Crippen molar-refractivity contribution in [3.8, 4) is 95.7 Å². The Hall–Kier alpha value is -14.7. The van der Waals surface area contributed by atoms with Crippen molar-refractivity contribution in [2.24, 2.45) is 0 Å². The highest BCUT2D eigenvalue weighted by atomic mass is 16.3. The standard InChI is InChI=1S/C99H58N6O3/c1-7-25-85-73(19-1)76-45-37-62(65-40-48-82-79-22-4-10-28-91(79)106-94(82)56-65)53-88(76)103(85)70-43-35-60(36-44-70)59-31-33-61(34-32-59)97-100-98(68-15-13-17-71(51-68)104-86-26-8-2-20-74(86)77-46-38-63(54-89(77)104)66-41-49-83-80-23-5-11-29-92(80)107-95(83)57-66)102-99(101-97)69-16-14-18-72(52-69)105-87-27-9-3-21-75(87)78-47-39-64(55-90(78)105)67-42-50-84-81-24-6-12-30-93(81)108-96(84)58-67/h1-58H. The molecule has 9 nitrogen and oxygen atoms in total. The number of rotatable bonds is 10. The van der Waals surface area contributed by atoms with Gasteiger partial charge in [0, 0.05) is 98.4 Å². The second kappa shape index (κ2) is 23.4. The molecule has 0 saturated carbocycles. The van der Waals surface area contributed by atoms with Crippen molar-refractivity contribution in [2.75, 3.05) is 0 Å². The Balaban J connectivity index is 0.636. The molecule has 7 aromatic heterocycles. The maximum absolute atomic E-state index is 6.41. The number of fused-ring (bicyclic) bond motifs is 18. The SMILES string of the molecule is c1cc(-c2nc(-c3ccc(-c4ccc(-n5c6ccccc6c6ccc(-c7ccc8c(c7)oc7ccccc78)cc65)cc4)cc3)nc(-c3cccc(-n4c5ccccc5c5ccc(-c6ccc7c(c6)oc6ccccc67)cc54)c3)n2)cc(-n2c3ccccc3c3ccc(-c4ccc5c(c4)oc4ccccc45)cc32)c1. The summed E-state index contributed by atoms with van der Waals surface area (Å²) in [7, 11) is 0. The van der Waals surface area contributed by atoms with Gasteiger partial charge in [-0.05, 0) is 172 Å². The molecule has 0 fully saturated rings. The van der Waals surface area contributed by atoms with Crippen LogP contribution in [0.4, 0.5) is 0 Å². The van der Waals surface area contributed by atoms with E-state index in [9.17, 15) is 0 Å². The van der Waals surface area contributed by atoms with E-state index in [1.807, 2.05) is 36.4 Å². The molecule has 0 radical (unpaired) electrons. The molecule has 0 N–H and O–H groups in total. The first-order chi connectivity index (χ1) is 53.5. The number of hydrogen-bond acceptors (Lipinski definition) is 6. The van der Waals surface area contributed by atoms with Crippen LogP contribution in [0, 0.1) is 0 Å². The zero-order valence-electron chi connectivity index (χ0n) is 57.9. The van der Waals surface area contributed by atoms with Crippen molar-refractivity contribution < 1.29 is 13.3 Å². The number of aromatic nitrogens is 6. The molecular weight excluding hydrogens is 1320 g/mol. The Bertz CT molecular complexity index is 7400. The summed E-state index contributed by atoms with van der Waals surface area (Å²) in [6, 6.07) is 126. The second-order valence-corrected chi connectivity index (χ2v) is 28.2. The summed E-state index contributed by atoms with van der Waals surface area (Å²) in [5, 5.41) is 13.7. The van der Waals surface area contributed by atoms with Crippen molar-refractivity contribution in [1.29, 1.82) is 0 Å². The maximum Gasteiger partial charge on any atom is 0.164 e. The monoisotopic (exact) mass is 1380 g/mol.